The molecule has 0 aliphatic carbocycles. The summed E-state index contributed by atoms with van der Waals surface area (Å²) in [6.45, 7) is 14.9. The van der Waals surface area contributed by atoms with Crippen LogP contribution in [0.4, 0.5) is 0 Å². The van der Waals surface area contributed by atoms with Crippen LogP contribution in [0, 0.1) is 0 Å². The molecule has 0 radical (unpaired) electrons. The minimum Gasteiger partial charge on any atom is -0.362 e. The monoisotopic (exact) mass is 261 g/mol. The van der Waals surface area contributed by atoms with E-state index in [1.165, 1.54) is 11.1 Å². The lowest BCUT2D eigenvalue weighted by Gasteiger charge is -2.44. The molecule has 1 aliphatic rings. The van der Waals surface area contributed by atoms with Crippen LogP contribution in [0.25, 0.3) is 0 Å². The Hall–Kier alpha value is -0.860. The molecule has 1 atom stereocenters. The molecule has 1 fully saturated rings. The van der Waals surface area contributed by atoms with Crippen molar-refractivity contribution < 1.29 is 4.74 Å². The number of ether oxygens (including phenoxy) is 1. The average Bonchev–Trinajstić information content (AvgIpc) is 2.26. The van der Waals surface area contributed by atoms with Gasteiger partial charge in [-0.05, 0) is 37.3 Å². The normalized spacial score (nSPS) is 27.3. The van der Waals surface area contributed by atoms with E-state index in [-0.39, 0.29) is 16.6 Å². The van der Waals surface area contributed by atoms with Crippen molar-refractivity contribution in [2.75, 3.05) is 13.1 Å². The Morgan fingerprint density at radius 2 is 1.58 bits per heavy atom. The summed E-state index contributed by atoms with van der Waals surface area (Å²) in [6, 6.07) is 8.88. The molecule has 2 rings (SSSR count). The van der Waals surface area contributed by atoms with E-state index in [1.54, 1.807) is 0 Å². The molecule has 1 aliphatic heterocycles. The van der Waals surface area contributed by atoms with E-state index in [2.05, 4.69) is 71.1 Å². The number of rotatable bonds is 1. The van der Waals surface area contributed by atoms with Crippen molar-refractivity contribution in [3.8, 4) is 0 Å². The third kappa shape index (κ3) is 3.18. The maximum Gasteiger partial charge on any atom is 0.103 e. The zero-order valence-electron chi connectivity index (χ0n) is 13.1. The van der Waals surface area contributed by atoms with Gasteiger partial charge in [0.15, 0.2) is 0 Å². The van der Waals surface area contributed by atoms with Gasteiger partial charge in [0.2, 0.25) is 0 Å². The van der Waals surface area contributed by atoms with Crippen molar-refractivity contribution in [3.63, 3.8) is 0 Å². The Morgan fingerprint density at radius 1 is 1.00 bits per heavy atom. The predicted molar refractivity (Wildman–Crippen MR) is 80.5 cm³/mol. The average molecular weight is 261 g/mol. The summed E-state index contributed by atoms with van der Waals surface area (Å²) >= 11 is 0. The van der Waals surface area contributed by atoms with Gasteiger partial charge in [-0.3, -0.25) is 0 Å². The van der Waals surface area contributed by atoms with Gasteiger partial charge in [0.1, 0.15) is 5.60 Å². The first-order chi connectivity index (χ1) is 8.62. The lowest BCUT2D eigenvalue weighted by atomic mass is 9.84. The van der Waals surface area contributed by atoms with Crippen molar-refractivity contribution >= 4 is 0 Å². The van der Waals surface area contributed by atoms with Gasteiger partial charge in [-0.25, -0.2) is 0 Å². The van der Waals surface area contributed by atoms with Crippen molar-refractivity contribution in [2.24, 2.45) is 0 Å². The highest BCUT2D eigenvalue weighted by atomic mass is 16.5. The number of hydrogen-bond donors (Lipinski definition) is 1. The molecular weight excluding hydrogens is 234 g/mol. The lowest BCUT2D eigenvalue weighted by Crippen LogP contribution is -2.55. The van der Waals surface area contributed by atoms with Crippen LogP contribution in [-0.2, 0) is 15.8 Å². The Kier molecular flexibility index (Phi) is 3.53. The molecule has 1 unspecified atom stereocenters. The third-order valence-corrected chi connectivity index (χ3v) is 3.88. The van der Waals surface area contributed by atoms with Gasteiger partial charge in [0.25, 0.3) is 0 Å². The molecule has 1 N–H and O–H groups in total. The van der Waals surface area contributed by atoms with Gasteiger partial charge in [0, 0.05) is 13.1 Å². The van der Waals surface area contributed by atoms with Crippen LogP contribution in [-0.4, -0.2) is 18.7 Å². The summed E-state index contributed by atoms with van der Waals surface area (Å²) in [7, 11) is 0. The second-order valence-corrected chi connectivity index (χ2v) is 7.52. The Morgan fingerprint density at radius 3 is 2.05 bits per heavy atom. The van der Waals surface area contributed by atoms with Crippen LogP contribution in [0.5, 0.6) is 0 Å². The number of morpholine rings is 1. The summed E-state index contributed by atoms with van der Waals surface area (Å²) in [5.41, 5.74) is 2.46. The molecule has 0 amide bonds. The second kappa shape index (κ2) is 4.60. The van der Waals surface area contributed by atoms with Gasteiger partial charge in [0.05, 0.1) is 5.60 Å². The van der Waals surface area contributed by atoms with Crippen LogP contribution in [0.3, 0.4) is 0 Å². The third-order valence-electron chi connectivity index (χ3n) is 3.88. The van der Waals surface area contributed by atoms with Crippen LogP contribution in [0.15, 0.2) is 24.3 Å². The van der Waals surface area contributed by atoms with Crippen LogP contribution < -0.4 is 5.32 Å². The van der Waals surface area contributed by atoms with Crippen molar-refractivity contribution in [1.29, 1.82) is 0 Å². The van der Waals surface area contributed by atoms with E-state index in [4.69, 9.17) is 4.74 Å². The van der Waals surface area contributed by atoms with Gasteiger partial charge in [-0.1, -0.05) is 45.0 Å². The maximum atomic E-state index is 6.31. The largest absolute Gasteiger partial charge is 0.362 e. The predicted octanol–water partition coefficient (Wildman–Crippen LogP) is 3.60. The Balaban J connectivity index is 2.26. The number of benzene rings is 1. The summed E-state index contributed by atoms with van der Waals surface area (Å²) < 4.78 is 6.31. The highest BCUT2D eigenvalue weighted by molar-refractivity contribution is 5.31. The first-order valence-corrected chi connectivity index (χ1v) is 7.14. The standard InChI is InChI=1S/C17H27NO/c1-15(2,3)13-7-9-14(10-8-13)17(6)12-18-11-16(4,5)19-17/h7-10,18H,11-12H2,1-6H3. The summed E-state index contributed by atoms with van der Waals surface area (Å²) in [6.07, 6.45) is 0. The van der Waals surface area contributed by atoms with Crippen LogP contribution in [0.1, 0.15) is 52.7 Å². The van der Waals surface area contributed by atoms with E-state index in [1.807, 2.05) is 0 Å². The molecule has 0 spiro atoms. The van der Waals surface area contributed by atoms with E-state index in [9.17, 15) is 0 Å². The zero-order valence-corrected chi connectivity index (χ0v) is 13.1. The van der Waals surface area contributed by atoms with Crippen LogP contribution in [0.2, 0.25) is 0 Å². The fourth-order valence-electron chi connectivity index (χ4n) is 2.77. The SMILES string of the molecule is CC1(C)CNCC(C)(c2ccc(C(C)(C)C)cc2)O1. The quantitative estimate of drug-likeness (QED) is 0.834. The van der Waals surface area contributed by atoms with Crippen molar-refractivity contribution in [1.82, 2.24) is 5.32 Å². The van der Waals surface area contributed by atoms with Gasteiger partial charge >= 0.3 is 0 Å². The van der Waals surface area contributed by atoms with Gasteiger partial charge in [-0.15, -0.1) is 0 Å². The van der Waals surface area contributed by atoms with Crippen molar-refractivity contribution in [3.05, 3.63) is 35.4 Å². The Labute approximate surface area is 117 Å². The Bertz CT molecular complexity index is 441. The maximum absolute atomic E-state index is 6.31. The molecule has 1 aromatic rings. The van der Waals surface area contributed by atoms with E-state index in [0.717, 1.165) is 13.1 Å². The highest BCUT2D eigenvalue weighted by Crippen LogP contribution is 2.34. The lowest BCUT2D eigenvalue weighted by molar-refractivity contribution is -0.157. The molecule has 19 heavy (non-hydrogen) atoms. The van der Waals surface area contributed by atoms with Gasteiger partial charge < -0.3 is 10.1 Å². The van der Waals surface area contributed by atoms with Crippen molar-refractivity contribution in [2.45, 2.75) is 58.2 Å². The first-order valence-electron chi connectivity index (χ1n) is 7.14. The molecular formula is C17H27NO. The second-order valence-electron chi connectivity index (χ2n) is 7.52. The smallest absolute Gasteiger partial charge is 0.103 e. The molecule has 0 saturated carbocycles. The molecule has 1 heterocycles. The highest BCUT2D eigenvalue weighted by Gasteiger charge is 2.38. The van der Waals surface area contributed by atoms with Gasteiger partial charge in [-0.2, -0.15) is 0 Å². The van der Waals surface area contributed by atoms with Crippen LogP contribution >= 0.6 is 0 Å². The molecule has 2 nitrogen and oxygen atoms in total. The number of hydrogen-bond acceptors (Lipinski definition) is 2. The van der Waals surface area contributed by atoms with E-state index >= 15 is 0 Å². The molecule has 1 aromatic carbocycles. The molecule has 106 valence electrons. The summed E-state index contributed by atoms with van der Waals surface area (Å²) in [5, 5.41) is 3.48. The molecule has 1 saturated heterocycles. The molecule has 2 heteroatoms. The van der Waals surface area contributed by atoms with E-state index < -0.39 is 0 Å². The fourth-order valence-corrected chi connectivity index (χ4v) is 2.77. The summed E-state index contributed by atoms with van der Waals surface area (Å²) in [5.74, 6) is 0. The first kappa shape index (κ1) is 14.5. The summed E-state index contributed by atoms with van der Waals surface area (Å²) in [4.78, 5) is 0. The molecule has 0 bridgehead atoms. The number of nitrogens with one attached hydrogen (secondary N) is 1. The minimum atomic E-state index is -0.238. The van der Waals surface area contributed by atoms with E-state index in [0.29, 0.717) is 0 Å². The fraction of sp³-hybridized carbons (Fsp3) is 0.647. The molecule has 0 aromatic heterocycles. The topological polar surface area (TPSA) is 21.3 Å². The minimum absolute atomic E-state index is 0.115. The zero-order chi connectivity index (χ0) is 14.3.